The van der Waals surface area contributed by atoms with Crippen molar-refractivity contribution >= 4 is 10.8 Å². The first kappa shape index (κ1) is 11.8. The number of hydrogen-bond acceptors (Lipinski definition) is 0. The normalized spacial score (nSPS) is 11.6. The van der Waals surface area contributed by atoms with Crippen LogP contribution in [0.2, 0.25) is 0 Å². The standard InChI is InChI=1S/C22H14/c1-2-9-16-15(7-1)8-5-12-17(16)20-13-6-14-21-18-10-3-4-11-19(18)22(20)21/h1-14H. The van der Waals surface area contributed by atoms with E-state index >= 15 is 0 Å². The van der Waals surface area contributed by atoms with Crippen LogP contribution >= 0.6 is 0 Å². The predicted octanol–water partition coefficient (Wildman–Crippen LogP) is 6.15. The molecule has 0 spiro atoms. The lowest BCUT2D eigenvalue weighted by atomic mass is 9.76. The summed E-state index contributed by atoms with van der Waals surface area (Å²) >= 11 is 0. The molecule has 4 aromatic carbocycles. The molecule has 0 bridgehead atoms. The Hall–Kier alpha value is -2.86. The van der Waals surface area contributed by atoms with Gasteiger partial charge in [0.2, 0.25) is 0 Å². The van der Waals surface area contributed by atoms with Crippen molar-refractivity contribution < 1.29 is 0 Å². The minimum absolute atomic E-state index is 1.30. The topological polar surface area (TPSA) is 0 Å². The molecule has 1 aliphatic rings. The molecule has 0 unspecified atom stereocenters. The predicted molar refractivity (Wildman–Crippen MR) is 93.8 cm³/mol. The van der Waals surface area contributed by atoms with E-state index in [2.05, 4.69) is 84.9 Å². The first-order valence-electron chi connectivity index (χ1n) is 7.64. The molecule has 0 fully saturated rings. The van der Waals surface area contributed by atoms with Gasteiger partial charge in [0.05, 0.1) is 0 Å². The van der Waals surface area contributed by atoms with Gasteiger partial charge in [-0.3, -0.25) is 0 Å². The van der Waals surface area contributed by atoms with Gasteiger partial charge in [-0.05, 0) is 44.2 Å². The highest BCUT2D eigenvalue weighted by atomic mass is 14.3. The third kappa shape index (κ3) is 1.47. The lowest BCUT2D eigenvalue weighted by molar-refractivity contribution is 1.51. The maximum Gasteiger partial charge on any atom is -0.00201 e. The Labute approximate surface area is 129 Å². The molecule has 0 saturated carbocycles. The van der Waals surface area contributed by atoms with Crippen molar-refractivity contribution in [3.63, 3.8) is 0 Å². The minimum atomic E-state index is 1.30. The van der Waals surface area contributed by atoms with Crippen LogP contribution in [0.4, 0.5) is 0 Å². The van der Waals surface area contributed by atoms with Crippen LogP contribution in [0.25, 0.3) is 44.2 Å². The van der Waals surface area contributed by atoms with Gasteiger partial charge < -0.3 is 0 Å². The van der Waals surface area contributed by atoms with E-state index in [1.165, 1.54) is 44.2 Å². The Morgan fingerprint density at radius 1 is 0.364 bits per heavy atom. The Morgan fingerprint density at radius 2 is 0.909 bits per heavy atom. The summed E-state index contributed by atoms with van der Waals surface area (Å²) in [7, 11) is 0. The van der Waals surface area contributed by atoms with Crippen LogP contribution in [-0.2, 0) is 0 Å². The first-order chi connectivity index (χ1) is 10.9. The van der Waals surface area contributed by atoms with Crippen LogP contribution in [0.15, 0.2) is 84.9 Å². The zero-order valence-corrected chi connectivity index (χ0v) is 12.1. The second-order valence-electron chi connectivity index (χ2n) is 5.80. The van der Waals surface area contributed by atoms with E-state index in [0.717, 1.165) is 0 Å². The molecule has 1 aliphatic carbocycles. The second-order valence-corrected chi connectivity index (χ2v) is 5.80. The highest BCUT2D eigenvalue weighted by Gasteiger charge is 2.25. The second kappa shape index (κ2) is 4.32. The molecule has 0 radical (unpaired) electrons. The van der Waals surface area contributed by atoms with Gasteiger partial charge in [0, 0.05) is 0 Å². The number of hydrogen-bond donors (Lipinski definition) is 0. The van der Waals surface area contributed by atoms with Crippen LogP contribution in [0, 0.1) is 0 Å². The van der Waals surface area contributed by atoms with E-state index in [0.29, 0.717) is 0 Å². The van der Waals surface area contributed by atoms with Gasteiger partial charge >= 0.3 is 0 Å². The molecular weight excluding hydrogens is 264 g/mol. The van der Waals surface area contributed by atoms with Crippen molar-refractivity contribution in [2.45, 2.75) is 0 Å². The molecule has 0 nitrogen and oxygen atoms in total. The summed E-state index contributed by atoms with van der Waals surface area (Å²) < 4.78 is 0. The van der Waals surface area contributed by atoms with Crippen molar-refractivity contribution in [3.05, 3.63) is 84.9 Å². The molecule has 0 aliphatic heterocycles. The maximum absolute atomic E-state index is 2.25. The van der Waals surface area contributed by atoms with E-state index < -0.39 is 0 Å². The largest absolute Gasteiger partial charge is 0.0616 e. The Bertz CT molecular complexity index is 1020. The molecule has 0 N–H and O–H groups in total. The smallest absolute Gasteiger partial charge is 0.00201 e. The van der Waals surface area contributed by atoms with Crippen molar-refractivity contribution in [1.29, 1.82) is 0 Å². The zero-order valence-electron chi connectivity index (χ0n) is 12.1. The molecule has 0 atom stereocenters. The number of benzene rings is 4. The third-order valence-electron chi connectivity index (χ3n) is 4.63. The average molecular weight is 278 g/mol. The monoisotopic (exact) mass is 278 g/mol. The van der Waals surface area contributed by atoms with Crippen LogP contribution in [0.5, 0.6) is 0 Å². The van der Waals surface area contributed by atoms with Crippen molar-refractivity contribution in [2.24, 2.45) is 0 Å². The molecule has 102 valence electrons. The molecule has 0 heteroatoms. The van der Waals surface area contributed by atoms with Gasteiger partial charge in [0.1, 0.15) is 0 Å². The molecule has 0 aromatic heterocycles. The molecule has 22 heavy (non-hydrogen) atoms. The summed E-state index contributed by atoms with van der Waals surface area (Å²) in [4.78, 5) is 0. The minimum Gasteiger partial charge on any atom is -0.0616 e. The van der Waals surface area contributed by atoms with Gasteiger partial charge in [0.25, 0.3) is 0 Å². The molecule has 0 amide bonds. The van der Waals surface area contributed by atoms with Crippen LogP contribution in [-0.4, -0.2) is 0 Å². The quantitative estimate of drug-likeness (QED) is 0.345. The molecule has 0 saturated heterocycles. The summed E-state index contributed by atoms with van der Waals surface area (Å²) in [6, 6.07) is 30.5. The highest BCUT2D eigenvalue weighted by molar-refractivity contribution is 6.11. The SMILES string of the molecule is c1ccc2c(c1)-c1cccc(-c3cccc4ccccc34)c1-2. The van der Waals surface area contributed by atoms with Crippen LogP contribution in [0.3, 0.4) is 0 Å². The highest BCUT2D eigenvalue weighted by Crippen LogP contribution is 2.52. The molecule has 0 heterocycles. The van der Waals surface area contributed by atoms with Crippen LogP contribution < -0.4 is 0 Å². The van der Waals surface area contributed by atoms with E-state index in [-0.39, 0.29) is 0 Å². The summed E-state index contributed by atoms with van der Waals surface area (Å²) in [5, 5.41) is 2.62. The fourth-order valence-electron chi connectivity index (χ4n) is 3.63. The fraction of sp³-hybridized carbons (Fsp3) is 0. The van der Waals surface area contributed by atoms with Crippen molar-refractivity contribution in [2.75, 3.05) is 0 Å². The lowest BCUT2D eigenvalue weighted by Crippen LogP contribution is -2.00. The Kier molecular flexibility index (Phi) is 2.31. The van der Waals surface area contributed by atoms with Gasteiger partial charge in [-0.25, -0.2) is 0 Å². The fourth-order valence-corrected chi connectivity index (χ4v) is 3.63. The zero-order chi connectivity index (χ0) is 14.5. The van der Waals surface area contributed by atoms with E-state index in [9.17, 15) is 0 Å². The first-order valence-corrected chi connectivity index (χ1v) is 7.64. The molecule has 4 aromatic rings. The van der Waals surface area contributed by atoms with Gasteiger partial charge in [-0.2, -0.15) is 0 Å². The lowest BCUT2D eigenvalue weighted by Gasteiger charge is -2.27. The summed E-state index contributed by atoms with van der Waals surface area (Å²) in [6.07, 6.45) is 0. The van der Waals surface area contributed by atoms with Crippen LogP contribution in [0.1, 0.15) is 0 Å². The summed E-state index contributed by atoms with van der Waals surface area (Å²) in [6.45, 7) is 0. The summed E-state index contributed by atoms with van der Waals surface area (Å²) in [5.41, 5.74) is 8.19. The van der Waals surface area contributed by atoms with E-state index in [1.54, 1.807) is 0 Å². The Balaban J connectivity index is 1.83. The Morgan fingerprint density at radius 3 is 1.82 bits per heavy atom. The van der Waals surface area contributed by atoms with E-state index in [1.807, 2.05) is 0 Å². The van der Waals surface area contributed by atoms with Gasteiger partial charge in [-0.1, -0.05) is 84.9 Å². The van der Waals surface area contributed by atoms with Gasteiger partial charge in [-0.15, -0.1) is 0 Å². The molecule has 5 rings (SSSR count). The van der Waals surface area contributed by atoms with Crippen molar-refractivity contribution in [3.8, 4) is 33.4 Å². The maximum atomic E-state index is 2.25. The van der Waals surface area contributed by atoms with Crippen molar-refractivity contribution in [1.82, 2.24) is 0 Å². The van der Waals surface area contributed by atoms with Gasteiger partial charge in [0.15, 0.2) is 0 Å². The molecular formula is C22H14. The number of rotatable bonds is 1. The summed E-state index contributed by atoms with van der Waals surface area (Å²) in [5.74, 6) is 0. The average Bonchev–Trinajstić information content (AvgIpc) is 2.58. The third-order valence-corrected chi connectivity index (χ3v) is 4.63. The number of fused-ring (bicyclic) bond motifs is 5. The van der Waals surface area contributed by atoms with E-state index in [4.69, 9.17) is 0 Å².